The fourth-order valence-corrected chi connectivity index (χ4v) is 0.478. The van der Waals surface area contributed by atoms with Crippen molar-refractivity contribution in [2.45, 2.75) is 39.2 Å². The second kappa shape index (κ2) is 4.84. The third-order valence-corrected chi connectivity index (χ3v) is 1.21. The lowest BCUT2D eigenvalue weighted by atomic mass is 10.1. The summed E-state index contributed by atoms with van der Waals surface area (Å²) >= 11 is 0. The number of unbranched alkanes of at least 4 members (excludes halogenated alkanes) is 1. The van der Waals surface area contributed by atoms with Crippen LogP contribution in [0.15, 0.2) is 10.2 Å². The Labute approximate surface area is 68.1 Å². The van der Waals surface area contributed by atoms with Crippen LogP contribution in [0, 0.1) is 11.3 Å². The van der Waals surface area contributed by atoms with Gasteiger partial charge >= 0.3 is 0 Å². The first-order valence-electron chi connectivity index (χ1n) is 3.92. The Hall–Kier alpha value is -0.910. The first-order chi connectivity index (χ1) is 5.12. The highest BCUT2D eigenvalue weighted by molar-refractivity contribution is 4.98. The van der Waals surface area contributed by atoms with E-state index in [0.29, 0.717) is 0 Å². The highest BCUT2D eigenvalue weighted by Crippen LogP contribution is 2.06. The summed E-state index contributed by atoms with van der Waals surface area (Å²) in [5.74, 6) is 0. The van der Waals surface area contributed by atoms with Gasteiger partial charge in [-0.05, 0) is 20.3 Å². The summed E-state index contributed by atoms with van der Waals surface area (Å²) < 4.78 is 0. The SMILES string of the molecule is CCCCN=NC(C)(C)C#N. The molecular weight excluding hydrogens is 138 g/mol. The molecule has 0 aromatic heterocycles. The number of rotatable bonds is 4. The van der Waals surface area contributed by atoms with E-state index in [-0.39, 0.29) is 0 Å². The second-order valence-corrected chi connectivity index (χ2v) is 2.99. The van der Waals surface area contributed by atoms with Crippen LogP contribution in [0.2, 0.25) is 0 Å². The molecule has 0 saturated heterocycles. The van der Waals surface area contributed by atoms with Crippen molar-refractivity contribution in [3.05, 3.63) is 0 Å². The van der Waals surface area contributed by atoms with Crippen molar-refractivity contribution in [1.29, 1.82) is 5.26 Å². The van der Waals surface area contributed by atoms with Gasteiger partial charge in [0.15, 0.2) is 5.54 Å². The highest BCUT2D eigenvalue weighted by atomic mass is 15.1. The van der Waals surface area contributed by atoms with Gasteiger partial charge in [0.2, 0.25) is 0 Å². The minimum Gasteiger partial charge on any atom is -0.196 e. The van der Waals surface area contributed by atoms with Gasteiger partial charge in [0.25, 0.3) is 0 Å². The lowest BCUT2D eigenvalue weighted by Gasteiger charge is -2.04. The summed E-state index contributed by atoms with van der Waals surface area (Å²) in [5, 5.41) is 16.3. The zero-order valence-electron chi connectivity index (χ0n) is 7.46. The Morgan fingerprint density at radius 3 is 2.55 bits per heavy atom. The normalized spacial score (nSPS) is 11.8. The van der Waals surface area contributed by atoms with E-state index in [4.69, 9.17) is 5.26 Å². The fraction of sp³-hybridized carbons (Fsp3) is 0.875. The molecule has 0 saturated carbocycles. The van der Waals surface area contributed by atoms with Gasteiger partial charge < -0.3 is 0 Å². The van der Waals surface area contributed by atoms with Crippen molar-refractivity contribution >= 4 is 0 Å². The molecule has 0 rings (SSSR count). The molecule has 3 nitrogen and oxygen atoms in total. The van der Waals surface area contributed by atoms with Gasteiger partial charge in [0.05, 0.1) is 12.6 Å². The van der Waals surface area contributed by atoms with Crippen LogP contribution in [0.3, 0.4) is 0 Å². The van der Waals surface area contributed by atoms with E-state index in [1.54, 1.807) is 13.8 Å². The largest absolute Gasteiger partial charge is 0.196 e. The van der Waals surface area contributed by atoms with Crippen LogP contribution >= 0.6 is 0 Å². The maximum atomic E-state index is 8.55. The van der Waals surface area contributed by atoms with E-state index >= 15 is 0 Å². The minimum atomic E-state index is -0.645. The summed E-state index contributed by atoms with van der Waals surface area (Å²) in [6.45, 7) is 6.34. The van der Waals surface area contributed by atoms with Crippen molar-refractivity contribution in [1.82, 2.24) is 0 Å². The monoisotopic (exact) mass is 153 g/mol. The van der Waals surface area contributed by atoms with Crippen LogP contribution in [-0.4, -0.2) is 12.1 Å². The first-order valence-corrected chi connectivity index (χ1v) is 3.92. The molecule has 0 aromatic rings. The summed E-state index contributed by atoms with van der Waals surface area (Å²) in [7, 11) is 0. The maximum absolute atomic E-state index is 8.55. The molecule has 62 valence electrons. The summed E-state index contributed by atoms with van der Waals surface area (Å²) in [4.78, 5) is 0. The van der Waals surface area contributed by atoms with Gasteiger partial charge in [-0.25, -0.2) is 0 Å². The van der Waals surface area contributed by atoms with E-state index in [1.165, 1.54) is 0 Å². The standard InChI is InChI=1S/C8H15N3/c1-4-5-6-10-11-8(2,3)7-9/h4-6H2,1-3H3. The second-order valence-electron chi connectivity index (χ2n) is 2.99. The molecule has 0 N–H and O–H groups in total. The van der Waals surface area contributed by atoms with Crippen LogP contribution in [0.5, 0.6) is 0 Å². The quantitative estimate of drug-likeness (QED) is 0.452. The number of hydrogen-bond donors (Lipinski definition) is 0. The van der Waals surface area contributed by atoms with Crippen molar-refractivity contribution in [3.63, 3.8) is 0 Å². The molecular formula is C8H15N3. The highest BCUT2D eigenvalue weighted by Gasteiger charge is 2.13. The van der Waals surface area contributed by atoms with Crippen molar-refractivity contribution in [3.8, 4) is 6.07 Å². The summed E-state index contributed by atoms with van der Waals surface area (Å²) in [5.41, 5.74) is -0.645. The Morgan fingerprint density at radius 2 is 2.09 bits per heavy atom. The summed E-state index contributed by atoms with van der Waals surface area (Å²) in [6, 6.07) is 2.06. The van der Waals surface area contributed by atoms with Gasteiger partial charge in [0, 0.05) is 0 Å². The third kappa shape index (κ3) is 5.53. The van der Waals surface area contributed by atoms with E-state index < -0.39 is 5.54 Å². The molecule has 0 aliphatic rings. The Morgan fingerprint density at radius 1 is 1.45 bits per heavy atom. The van der Waals surface area contributed by atoms with Crippen LogP contribution < -0.4 is 0 Å². The lowest BCUT2D eigenvalue weighted by Crippen LogP contribution is -2.11. The van der Waals surface area contributed by atoms with Crippen molar-refractivity contribution in [2.75, 3.05) is 6.54 Å². The number of hydrogen-bond acceptors (Lipinski definition) is 3. The average Bonchev–Trinajstić information content (AvgIpc) is 1.99. The molecule has 0 fully saturated rings. The Balaban J connectivity index is 3.66. The smallest absolute Gasteiger partial charge is 0.161 e. The predicted molar refractivity (Wildman–Crippen MR) is 44.3 cm³/mol. The van der Waals surface area contributed by atoms with Crippen LogP contribution in [-0.2, 0) is 0 Å². The molecule has 3 heteroatoms. The maximum Gasteiger partial charge on any atom is 0.161 e. The van der Waals surface area contributed by atoms with Crippen LogP contribution in [0.1, 0.15) is 33.6 Å². The molecule has 0 spiro atoms. The number of azo groups is 1. The topological polar surface area (TPSA) is 48.5 Å². The zero-order valence-corrected chi connectivity index (χ0v) is 7.46. The third-order valence-electron chi connectivity index (χ3n) is 1.21. The van der Waals surface area contributed by atoms with Crippen molar-refractivity contribution < 1.29 is 0 Å². The molecule has 0 amide bonds. The molecule has 0 atom stereocenters. The summed E-state index contributed by atoms with van der Waals surface area (Å²) in [6.07, 6.45) is 2.16. The predicted octanol–water partition coefficient (Wildman–Crippen LogP) is 2.54. The van der Waals surface area contributed by atoms with E-state index in [1.807, 2.05) is 0 Å². The molecule has 0 heterocycles. The van der Waals surface area contributed by atoms with Gasteiger partial charge in [-0.3, -0.25) is 0 Å². The lowest BCUT2D eigenvalue weighted by molar-refractivity contribution is 0.604. The van der Waals surface area contributed by atoms with Gasteiger partial charge in [-0.1, -0.05) is 13.3 Å². The van der Waals surface area contributed by atoms with Crippen molar-refractivity contribution in [2.24, 2.45) is 10.2 Å². The van der Waals surface area contributed by atoms with Crippen LogP contribution in [0.25, 0.3) is 0 Å². The van der Waals surface area contributed by atoms with E-state index in [0.717, 1.165) is 19.4 Å². The zero-order chi connectivity index (χ0) is 8.74. The molecule has 11 heavy (non-hydrogen) atoms. The molecule has 0 aliphatic heterocycles. The van der Waals surface area contributed by atoms with Gasteiger partial charge in [0.1, 0.15) is 0 Å². The number of nitriles is 1. The molecule has 0 aromatic carbocycles. The number of nitrogens with zero attached hydrogens (tertiary/aromatic N) is 3. The Bertz CT molecular complexity index is 165. The molecule has 0 aliphatic carbocycles. The van der Waals surface area contributed by atoms with Gasteiger partial charge in [-0.15, -0.1) is 0 Å². The molecule has 0 unspecified atom stereocenters. The fourth-order valence-electron chi connectivity index (χ4n) is 0.478. The minimum absolute atomic E-state index is 0.645. The van der Waals surface area contributed by atoms with Gasteiger partial charge in [-0.2, -0.15) is 15.5 Å². The molecule has 0 radical (unpaired) electrons. The van der Waals surface area contributed by atoms with Crippen LogP contribution in [0.4, 0.5) is 0 Å². The average molecular weight is 153 g/mol. The molecule has 0 bridgehead atoms. The first kappa shape index (κ1) is 10.1. The van der Waals surface area contributed by atoms with E-state index in [2.05, 4.69) is 23.2 Å². The van der Waals surface area contributed by atoms with E-state index in [9.17, 15) is 0 Å². The Kier molecular flexibility index (Phi) is 4.44.